The van der Waals surface area contributed by atoms with E-state index in [0.717, 1.165) is 24.1 Å². The molecule has 2 nitrogen and oxygen atoms in total. The fourth-order valence-corrected chi connectivity index (χ4v) is 2.34. The van der Waals surface area contributed by atoms with E-state index < -0.39 is 0 Å². The first-order valence-corrected chi connectivity index (χ1v) is 5.61. The van der Waals surface area contributed by atoms with Crippen molar-refractivity contribution in [2.24, 2.45) is 0 Å². The summed E-state index contributed by atoms with van der Waals surface area (Å²) in [5, 5.41) is 9.99. The maximum atomic E-state index is 9.99. The molecule has 1 heterocycles. The summed E-state index contributed by atoms with van der Waals surface area (Å²) >= 11 is 0. The van der Waals surface area contributed by atoms with Gasteiger partial charge < -0.3 is 5.11 Å². The zero-order valence-corrected chi connectivity index (χ0v) is 8.98. The van der Waals surface area contributed by atoms with Gasteiger partial charge >= 0.3 is 0 Å². The minimum absolute atomic E-state index is 0.347. The standard InChI is InChI=1S/C14H13NO/c16-14-9-11-5-3-4-10(11)8-12(14)13-6-1-2-7-15-13/h1-2,6-9,16H,3-5H2. The Morgan fingerprint density at radius 3 is 2.62 bits per heavy atom. The van der Waals surface area contributed by atoms with Crippen molar-refractivity contribution in [3.8, 4) is 17.0 Å². The molecule has 16 heavy (non-hydrogen) atoms. The van der Waals surface area contributed by atoms with Crippen LogP contribution in [0.1, 0.15) is 17.5 Å². The molecule has 1 aliphatic carbocycles. The summed E-state index contributed by atoms with van der Waals surface area (Å²) in [4.78, 5) is 4.28. The van der Waals surface area contributed by atoms with E-state index in [1.807, 2.05) is 24.3 Å². The molecule has 0 spiro atoms. The third kappa shape index (κ3) is 1.47. The average molecular weight is 211 g/mol. The Morgan fingerprint density at radius 2 is 1.88 bits per heavy atom. The lowest BCUT2D eigenvalue weighted by molar-refractivity contribution is 0.476. The second-order valence-electron chi connectivity index (χ2n) is 4.21. The van der Waals surface area contributed by atoms with Crippen LogP contribution < -0.4 is 0 Å². The molecular weight excluding hydrogens is 198 g/mol. The molecule has 0 saturated heterocycles. The Morgan fingerprint density at radius 1 is 1.06 bits per heavy atom. The number of phenols is 1. The second kappa shape index (κ2) is 3.63. The summed E-state index contributed by atoms with van der Waals surface area (Å²) in [6.45, 7) is 0. The van der Waals surface area contributed by atoms with E-state index in [2.05, 4.69) is 11.1 Å². The number of aromatic nitrogens is 1. The Hall–Kier alpha value is -1.83. The topological polar surface area (TPSA) is 33.1 Å². The monoisotopic (exact) mass is 211 g/mol. The van der Waals surface area contributed by atoms with E-state index in [4.69, 9.17) is 0 Å². The summed E-state index contributed by atoms with van der Waals surface area (Å²) in [7, 11) is 0. The molecule has 2 aromatic rings. The fraction of sp³-hybridized carbons (Fsp3) is 0.214. The number of benzene rings is 1. The van der Waals surface area contributed by atoms with Crippen LogP contribution in [0.2, 0.25) is 0 Å². The van der Waals surface area contributed by atoms with E-state index in [1.54, 1.807) is 6.20 Å². The molecule has 1 aromatic carbocycles. The lowest BCUT2D eigenvalue weighted by Crippen LogP contribution is -1.88. The van der Waals surface area contributed by atoms with Crippen molar-refractivity contribution in [3.63, 3.8) is 0 Å². The van der Waals surface area contributed by atoms with Gasteiger partial charge in [0.05, 0.1) is 5.69 Å². The van der Waals surface area contributed by atoms with Gasteiger partial charge in [-0.1, -0.05) is 6.07 Å². The fourth-order valence-electron chi connectivity index (χ4n) is 2.34. The van der Waals surface area contributed by atoms with Crippen LogP contribution >= 0.6 is 0 Å². The molecule has 3 rings (SSSR count). The number of aryl methyl sites for hydroxylation is 2. The Labute approximate surface area is 94.6 Å². The van der Waals surface area contributed by atoms with Crippen LogP contribution in [-0.4, -0.2) is 10.1 Å². The van der Waals surface area contributed by atoms with Gasteiger partial charge in [-0.05, 0) is 54.7 Å². The minimum atomic E-state index is 0.347. The first-order valence-electron chi connectivity index (χ1n) is 5.61. The van der Waals surface area contributed by atoms with Crippen LogP contribution in [0.3, 0.4) is 0 Å². The van der Waals surface area contributed by atoms with Crippen molar-refractivity contribution in [2.45, 2.75) is 19.3 Å². The molecule has 1 N–H and O–H groups in total. The molecule has 0 fully saturated rings. The molecule has 0 bridgehead atoms. The van der Waals surface area contributed by atoms with Gasteiger partial charge in [-0.15, -0.1) is 0 Å². The highest BCUT2D eigenvalue weighted by Gasteiger charge is 2.15. The predicted molar refractivity (Wildman–Crippen MR) is 63.4 cm³/mol. The number of aromatic hydroxyl groups is 1. The number of pyridine rings is 1. The zero-order valence-electron chi connectivity index (χ0n) is 8.98. The highest BCUT2D eigenvalue weighted by atomic mass is 16.3. The SMILES string of the molecule is Oc1cc2c(cc1-c1ccccn1)CCC2. The van der Waals surface area contributed by atoms with Crippen molar-refractivity contribution < 1.29 is 5.11 Å². The normalized spacial score (nSPS) is 13.8. The Balaban J connectivity index is 2.15. The average Bonchev–Trinajstić information content (AvgIpc) is 2.76. The summed E-state index contributed by atoms with van der Waals surface area (Å²) in [6, 6.07) is 9.73. The summed E-state index contributed by atoms with van der Waals surface area (Å²) in [5.41, 5.74) is 4.34. The van der Waals surface area contributed by atoms with E-state index in [9.17, 15) is 5.11 Å². The second-order valence-corrected chi connectivity index (χ2v) is 4.21. The maximum absolute atomic E-state index is 9.99. The highest BCUT2D eigenvalue weighted by Crippen LogP contribution is 2.34. The van der Waals surface area contributed by atoms with E-state index in [-0.39, 0.29) is 0 Å². The van der Waals surface area contributed by atoms with Crippen molar-refractivity contribution in [1.29, 1.82) is 0 Å². The first-order chi connectivity index (χ1) is 7.84. The van der Waals surface area contributed by atoms with Gasteiger partial charge in [0, 0.05) is 11.8 Å². The highest BCUT2D eigenvalue weighted by molar-refractivity contribution is 5.69. The van der Waals surface area contributed by atoms with E-state index >= 15 is 0 Å². The van der Waals surface area contributed by atoms with Gasteiger partial charge in [-0.3, -0.25) is 4.98 Å². The first kappa shape index (κ1) is 9.40. The molecule has 0 saturated carbocycles. The van der Waals surface area contributed by atoms with E-state index in [1.165, 1.54) is 17.5 Å². The molecule has 0 atom stereocenters. The van der Waals surface area contributed by atoms with Gasteiger partial charge in [0.25, 0.3) is 0 Å². The molecule has 2 heteroatoms. The number of hydrogen-bond donors (Lipinski definition) is 1. The van der Waals surface area contributed by atoms with Gasteiger partial charge in [-0.25, -0.2) is 0 Å². The lowest BCUT2D eigenvalue weighted by Gasteiger charge is -2.07. The maximum Gasteiger partial charge on any atom is 0.125 e. The number of phenolic OH excluding ortho intramolecular Hbond substituents is 1. The lowest BCUT2D eigenvalue weighted by atomic mass is 10.0. The molecule has 0 radical (unpaired) electrons. The molecule has 0 amide bonds. The molecule has 1 aromatic heterocycles. The number of hydrogen-bond acceptors (Lipinski definition) is 2. The third-order valence-electron chi connectivity index (χ3n) is 3.15. The zero-order chi connectivity index (χ0) is 11.0. The number of fused-ring (bicyclic) bond motifs is 1. The van der Waals surface area contributed by atoms with Crippen LogP contribution in [0, 0.1) is 0 Å². The number of nitrogens with zero attached hydrogens (tertiary/aromatic N) is 1. The molecule has 0 aliphatic heterocycles. The molecule has 1 aliphatic rings. The summed E-state index contributed by atoms with van der Waals surface area (Å²) < 4.78 is 0. The van der Waals surface area contributed by atoms with E-state index in [0.29, 0.717) is 5.75 Å². The largest absolute Gasteiger partial charge is 0.507 e. The van der Waals surface area contributed by atoms with Gasteiger partial charge in [-0.2, -0.15) is 0 Å². The summed E-state index contributed by atoms with van der Waals surface area (Å²) in [5.74, 6) is 0.347. The van der Waals surface area contributed by atoms with Gasteiger partial charge in [0.2, 0.25) is 0 Å². The van der Waals surface area contributed by atoms with Crippen LogP contribution in [0.15, 0.2) is 36.5 Å². The number of rotatable bonds is 1. The van der Waals surface area contributed by atoms with Crippen molar-refractivity contribution >= 4 is 0 Å². The Bertz CT molecular complexity index is 520. The van der Waals surface area contributed by atoms with Crippen molar-refractivity contribution in [2.75, 3.05) is 0 Å². The van der Waals surface area contributed by atoms with Crippen LogP contribution in [-0.2, 0) is 12.8 Å². The van der Waals surface area contributed by atoms with Gasteiger partial charge in [0.1, 0.15) is 5.75 Å². The predicted octanol–water partition coefficient (Wildman–Crippen LogP) is 2.94. The smallest absolute Gasteiger partial charge is 0.125 e. The van der Waals surface area contributed by atoms with Gasteiger partial charge in [0.15, 0.2) is 0 Å². The minimum Gasteiger partial charge on any atom is -0.507 e. The molecule has 80 valence electrons. The van der Waals surface area contributed by atoms with Crippen LogP contribution in [0.4, 0.5) is 0 Å². The molecule has 0 unspecified atom stereocenters. The van der Waals surface area contributed by atoms with Crippen LogP contribution in [0.5, 0.6) is 5.75 Å². The van der Waals surface area contributed by atoms with Crippen molar-refractivity contribution in [1.82, 2.24) is 4.98 Å². The molecular formula is C14H13NO. The Kier molecular flexibility index (Phi) is 2.13. The third-order valence-corrected chi connectivity index (χ3v) is 3.15. The van der Waals surface area contributed by atoms with Crippen LogP contribution in [0.25, 0.3) is 11.3 Å². The quantitative estimate of drug-likeness (QED) is 0.786. The van der Waals surface area contributed by atoms with Crippen molar-refractivity contribution in [3.05, 3.63) is 47.7 Å². The summed E-state index contributed by atoms with van der Waals surface area (Å²) in [6.07, 6.45) is 5.16.